The van der Waals surface area contributed by atoms with Crippen molar-refractivity contribution in [2.24, 2.45) is 0 Å². The summed E-state index contributed by atoms with van der Waals surface area (Å²) in [5.74, 6) is 1.77. The Balaban J connectivity index is 1.52. The molecule has 128 valence electrons. The first-order chi connectivity index (χ1) is 12.3. The fourth-order valence-electron chi connectivity index (χ4n) is 3.14. The molecule has 7 heteroatoms. The molecule has 0 bridgehead atoms. The molecule has 0 aromatic carbocycles. The second kappa shape index (κ2) is 6.98. The normalized spacial score (nSPS) is 17.7. The Morgan fingerprint density at radius 3 is 3.00 bits per heavy atom. The lowest BCUT2D eigenvalue weighted by Gasteiger charge is -2.21. The summed E-state index contributed by atoms with van der Waals surface area (Å²) in [5, 5.41) is 4.12. The molecule has 1 fully saturated rings. The van der Waals surface area contributed by atoms with Crippen LogP contribution in [0.3, 0.4) is 0 Å². The van der Waals surface area contributed by atoms with Gasteiger partial charge in [0.15, 0.2) is 0 Å². The zero-order valence-electron chi connectivity index (χ0n) is 14.0. The summed E-state index contributed by atoms with van der Waals surface area (Å²) in [7, 11) is 1.59. The maximum Gasteiger partial charge on any atom is 0.244 e. The Kier molecular flexibility index (Phi) is 4.39. The lowest BCUT2D eigenvalue weighted by molar-refractivity contribution is 0.201. The van der Waals surface area contributed by atoms with Crippen LogP contribution in [0.1, 0.15) is 30.3 Å². The third kappa shape index (κ3) is 3.36. The van der Waals surface area contributed by atoms with Gasteiger partial charge in [0, 0.05) is 36.8 Å². The molecular weight excluding hydrogens is 318 g/mol. The van der Waals surface area contributed by atoms with Crippen LogP contribution in [0.4, 0.5) is 0 Å². The highest BCUT2D eigenvalue weighted by molar-refractivity contribution is 5.53. The number of hydrogen-bond donors (Lipinski definition) is 0. The van der Waals surface area contributed by atoms with Gasteiger partial charge in [0.1, 0.15) is 0 Å². The molecule has 0 amide bonds. The maximum atomic E-state index is 5.55. The topological polar surface area (TPSA) is 77.2 Å². The van der Waals surface area contributed by atoms with Crippen LogP contribution < -0.4 is 4.74 Å². The van der Waals surface area contributed by atoms with Gasteiger partial charge in [0.25, 0.3) is 0 Å². The van der Waals surface area contributed by atoms with E-state index in [2.05, 4.69) is 31.1 Å². The van der Waals surface area contributed by atoms with E-state index in [0.29, 0.717) is 17.6 Å². The van der Waals surface area contributed by atoms with Crippen molar-refractivity contribution in [1.82, 2.24) is 25.0 Å². The molecule has 4 heterocycles. The average Bonchev–Trinajstić information content (AvgIpc) is 3.32. The molecule has 3 aromatic heterocycles. The first-order valence-electron chi connectivity index (χ1n) is 8.30. The van der Waals surface area contributed by atoms with Crippen LogP contribution in [0.15, 0.2) is 47.4 Å². The summed E-state index contributed by atoms with van der Waals surface area (Å²) in [4.78, 5) is 15.3. The molecule has 1 aliphatic rings. The summed E-state index contributed by atoms with van der Waals surface area (Å²) in [6, 6.07) is 7.86. The number of rotatable bonds is 5. The molecule has 1 atom stereocenters. The Labute approximate surface area is 145 Å². The lowest BCUT2D eigenvalue weighted by atomic mass is 10.2. The fourth-order valence-corrected chi connectivity index (χ4v) is 3.14. The quantitative estimate of drug-likeness (QED) is 0.708. The highest BCUT2D eigenvalue weighted by Gasteiger charge is 2.30. The van der Waals surface area contributed by atoms with Crippen LogP contribution in [0, 0.1) is 0 Å². The number of likely N-dealkylation sites (tertiary alicyclic amines) is 1. The Morgan fingerprint density at radius 2 is 2.24 bits per heavy atom. The van der Waals surface area contributed by atoms with Crippen LogP contribution >= 0.6 is 0 Å². The number of ether oxygens (including phenoxy) is 1. The van der Waals surface area contributed by atoms with Crippen molar-refractivity contribution < 1.29 is 9.26 Å². The lowest BCUT2D eigenvalue weighted by Crippen LogP contribution is -2.23. The van der Waals surface area contributed by atoms with Gasteiger partial charge >= 0.3 is 0 Å². The minimum Gasteiger partial charge on any atom is -0.481 e. The van der Waals surface area contributed by atoms with Crippen molar-refractivity contribution in [2.45, 2.75) is 25.4 Å². The Morgan fingerprint density at radius 1 is 1.28 bits per heavy atom. The van der Waals surface area contributed by atoms with Crippen molar-refractivity contribution in [3.05, 3.63) is 54.3 Å². The van der Waals surface area contributed by atoms with Gasteiger partial charge in [0.05, 0.1) is 13.2 Å². The van der Waals surface area contributed by atoms with Crippen molar-refractivity contribution in [1.29, 1.82) is 0 Å². The van der Waals surface area contributed by atoms with Crippen molar-refractivity contribution in [3.63, 3.8) is 0 Å². The summed E-state index contributed by atoms with van der Waals surface area (Å²) < 4.78 is 10.6. The number of pyridine rings is 2. The van der Waals surface area contributed by atoms with E-state index in [1.807, 2.05) is 18.3 Å². The molecular formula is C18H19N5O2. The van der Waals surface area contributed by atoms with Gasteiger partial charge in [-0.15, -0.1) is 0 Å². The van der Waals surface area contributed by atoms with Crippen LogP contribution in [-0.4, -0.2) is 38.7 Å². The standard InChI is InChI=1S/C18H19N5O2/c1-24-16-7-6-14(11-20-16)17-21-18(25-22-17)15-5-3-9-23(15)12-13-4-2-8-19-10-13/h2,4,6-8,10-11,15H,3,5,9,12H2,1H3/t15-/m1/s1. The van der Waals surface area contributed by atoms with Crippen LogP contribution in [-0.2, 0) is 6.54 Å². The highest BCUT2D eigenvalue weighted by atomic mass is 16.5. The predicted octanol–water partition coefficient (Wildman–Crippen LogP) is 2.87. The summed E-state index contributed by atoms with van der Waals surface area (Å²) in [6.45, 7) is 1.85. The summed E-state index contributed by atoms with van der Waals surface area (Å²) in [6.07, 6.45) is 7.51. The van der Waals surface area contributed by atoms with E-state index in [9.17, 15) is 0 Å². The number of methoxy groups -OCH3 is 1. The van der Waals surface area contributed by atoms with Gasteiger partial charge in [0.2, 0.25) is 17.6 Å². The van der Waals surface area contributed by atoms with Gasteiger partial charge in [-0.1, -0.05) is 11.2 Å². The third-order valence-corrected chi connectivity index (χ3v) is 4.40. The van der Waals surface area contributed by atoms with Gasteiger partial charge in [-0.25, -0.2) is 4.98 Å². The van der Waals surface area contributed by atoms with Crippen molar-refractivity contribution in [3.8, 4) is 17.3 Å². The molecule has 0 N–H and O–H groups in total. The molecule has 1 aliphatic heterocycles. The summed E-state index contributed by atoms with van der Waals surface area (Å²) in [5.41, 5.74) is 2.00. The highest BCUT2D eigenvalue weighted by Crippen LogP contribution is 2.33. The molecule has 0 aliphatic carbocycles. The van der Waals surface area contributed by atoms with E-state index >= 15 is 0 Å². The number of aromatic nitrogens is 4. The molecule has 0 unspecified atom stereocenters. The molecule has 7 nitrogen and oxygen atoms in total. The first kappa shape index (κ1) is 15.7. The van der Waals surface area contributed by atoms with Crippen molar-refractivity contribution in [2.75, 3.05) is 13.7 Å². The molecule has 1 saturated heterocycles. The van der Waals surface area contributed by atoms with Crippen LogP contribution in [0.25, 0.3) is 11.4 Å². The van der Waals surface area contributed by atoms with Gasteiger partial charge < -0.3 is 9.26 Å². The molecule has 0 radical (unpaired) electrons. The second-order valence-corrected chi connectivity index (χ2v) is 6.04. The van der Waals surface area contributed by atoms with E-state index in [1.165, 1.54) is 5.56 Å². The summed E-state index contributed by atoms with van der Waals surface area (Å²) >= 11 is 0. The zero-order chi connectivity index (χ0) is 17.1. The van der Waals surface area contributed by atoms with E-state index in [-0.39, 0.29) is 6.04 Å². The molecule has 0 spiro atoms. The minimum atomic E-state index is 0.146. The smallest absolute Gasteiger partial charge is 0.244 e. The first-order valence-corrected chi connectivity index (χ1v) is 8.30. The minimum absolute atomic E-state index is 0.146. The van der Waals surface area contributed by atoms with Gasteiger partial charge in [-0.3, -0.25) is 9.88 Å². The van der Waals surface area contributed by atoms with E-state index in [4.69, 9.17) is 9.26 Å². The largest absolute Gasteiger partial charge is 0.481 e. The number of hydrogen-bond acceptors (Lipinski definition) is 7. The predicted molar refractivity (Wildman–Crippen MR) is 90.7 cm³/mol. The zero-order valence-corrected chi connectivity index (χ0v) is 14.0. The Bertz CT molecular complexity index is 819. The SMILES string of the molecule is COc1ccc(-c2noc([C@H]3CCCN3Cc3cccnc3)n2)cn1. The molecule has 0 saturated carbocycles. The average molecular weight is 337 g/mol. The van der Waals surface area contributed by atoms with Crippen LogP contribution in [0.5, 0.6) is 5.88 Å². The van der Waals surface area contributed by atoms with E-state index in [0.717, 1.165) is 31.5 Å². The molecule has 25 heavy (non-hydrogen) atoms. The fraction of sp³-hybridized carbons (Fsp3) is 0.333. The van der Waals surface area contributed by atoms with Gasteiger partial charge in [-0.05, 0) is 37.1 Å². The maximum absolute atomic E-state index is 5.55. The Hall–Kier alpha value is -2.80. The van der Waals surface area contributed by atoms with Crippen molar-refractivity contribution >= 4 is 0 Å². The van der Waals surface area contributed by atoms with E-state index < -0.39 is 0 Å². The third-order valence-electron chi connectivity index (χ3n) is 4.40. The monoisotopic (exact) mass is 337 g/mol. The second-order valence-electron chi connectivity index (χ2n) is 6.04. The van der Waals surface area contributed by atoms with Crippen LogP contribution in [0.2, 0.25) is 0 Å². The molecule has 4 rings (SSSR count). The van der Waals surface area contributed by atoms with Gasteiger partial charge in [-0.2, -0.15) is 4.98 Å². The molecule has 3 aromatic rings. The number of nitrogens with zero attached hydrogens (tertiary/aromatic N) is 5. The van der Waals surface area contributed by atoms with E-state index in [1.54, 1.807) is 25.6 Å².